The molecule has 2 fully saturated rings. The second kappa shape index (κ2) is 8.93. The molecule has 3 rings (SSSR count). The summed E-state index contributed by atoms with van der Waals surface area (Å²) in [6, 6.07) is 8.06. The predicted octanol–water partition coefficient (Wildman–Crippen LogP) is 3.53. The molecule has 1 saturated heterocycles. The van der Waals surface area contributed by atoms with Crippen molar-refractivity contribution in [2.24, 2.45) is 5.92 Å². The van der Waals surface area contributed by atoms with Crippen LogP contribution in [0, 0.1) is 5.92 Å². The van der Waals surface area contributed by atoms with E-state index in [1.54, 1.807) is 7.11 Å². The van der Waals surface area contributed by atoms with Gasteiger partial charge in [0.2, 0.25) is 0 Å². The Morgan fingerprint density at radius 1 is 1.19 bits per heavy atom. The highest BCUT2D eigenvalue weighted by atomic mass is 16.5. The Bertz CT molecular complexity index is 698. The fourth-order valence-electron chi connectivity index (χ4n) is 3.86. The molecule has 1 aliphatic heterocycles. The molecular weight excluding hydrogens is 344 g/mol. The summed E-state index contributed by atoms with van der Waals surface area (Å²) in [6.07, 6.45) is 6.72. The van der Waals surface area contributed by atoms with Crippen LogP contribution in [0.15, 0.2) is 29.8 Å². The highest BCUT2D eigenvalue weighted by molar-refractivity contribution is 5.75. The van der Waals surface area contributed by atoms with E-state index >= 15 is 0 Å². The van der Waals surface area contributed by atoms with Crippen molar-refractivity contribution in [2.75, 3.05) is 20.2 Å². The van der Waals surface area contributed by atoms with Crippen molar-refractivity contribution >= 4 is 18.1 Å². The van der Waals surface area contributed by atoms with Gasteiger partial charge in [-0.15, -0.1) is 0 Å². The van der Waals surface area contributed by atoms with Crippen molar-refractivity contribution in [1.82, 2.24) is 10.2 Å². The number of carbonyl (C=O) groups excluding carboxylic acids is 1. The fraction of sp³-hybridized carbons (Fsp3) is 0.524. The van der Waals surface area contributed by atoms with Crippen molar-refractivity contribution in [2.45, 2.75) is 44.6 Å². The lowest BCUT2D eigenvalue weighted by molar-refractivity contribution is -0.142. The minimum atomic E-state index is -0.717. The fourth-order valence-corrected chi connectivity index (χ4v) is 3.86. The minimum Gasteiger partial charge on any atom is -0.497 e. The number of likely N-dealkylation sites (tertiary alicyclic amines) is 1. The summed E-state index contributed by atoms with van der Waals surface area (Å²) in [5, 5.41) is 12.1. The topological polar surface area (TPSA) is 78.9 Å². The molecule has 27 heavy (non-hydrogen) atoms. The van der Waals surface area contributed by atoms with Crippen LogP contribution < -0.4 is 10.1 Å². The first kappa shape index (κ1) is 19.3. The smallest absolute Gasteiger partial charge is 0.317 e. The van der Waals surface area contributed by atoms with Gasteiger partial charge < -0.3 is 20.1 Å². The molecule has 1 heterocycles. The molecule has 0 spiro atoms. The number of ether oxygens (including phenoxy) is 1. The highest BCUT2D eigenvalue weighted by Gasteiger charge is 2.28. The average molecular weight is 372 g/mol. The Hall–Kier alpha value is -2.50. The molecule has 6 nitrogen and oxygen atoms in total. The van der Waals surface area contributed by atoms with E-state index in [4.69, 9.17) is 9.84 Å². The summed E-state index contributed by atoms with van der Waals surface area (Å²) in [4.78, 5) is 25.4. The minimum absolute atomic E-state index is 0.0193. The Morgan fingerprint density at radius 3 is 2.52 bits per heavy atom. The third-order valence-electron chi connectivity index (χ3n) is 5.56. The van der Waals surface area contributed by atoms with Crippen molar-refractivity contribution in [3.8, 4) is 5.75 Å². The Morgan fingerprint density at radius 2 is 1.89 bits per heavy atom. The Labute approximate surface area is 160 Å². The zero-order chi connectivity index (χ0) is 19.2. The van der Waals surface area contributed by atoms with Crippen LogP contribution in [0.1, 0.15) is 44.1 Å². The van der Waals surface area contributed by atoms with Crippen molar-refractivity contribution in [1.29, 1.82) is 0 Å². The molecular formula is C21H28N2O4. The van der Waals surface area contributed by atoms with E-state index in [2.05, 4.69) is 17.5 Å². The zero-order valence-electron chi connectivity index (χ0n) is 15.8. The molecule has 0 bridgehead atoms. The van der Waals surface area contributed by atoms with Crippen LogP contribution >= 0.6 is 0 Å². The number of hydrogen-bond donors (Lipinski definition) is 2. The van der Waals surface area contributed by atoms with Gasteiger partial charge in [-0.3, -0.25) is 4.79 Å². The number of nitrogens with one attached hydrogen (secondary N) is 1. The number of methoxy groups -OCH3 is 1. The third kappa shape index (κ3) is 5.25. The van der Waals surface area contributed by atoms with Crippen LogP contribution in [0.2, 0.25) is 0 Å². The summed E-state index contributed by atoms with van der Waals surface area (Å²) in [7, 11) is 1.66. The van der Waals surface area contributed by atoms with Crippen LogP contribution in [-0.4, -0.2) is 48.2 Å². The molecule has 1 aromatic rings. The van der Waals surface area contributed by atoms with E-state index in [0.717, 1.165) is 37.0 Å². The van der Waals surface area contributed by atoms with Gasteiger partial charge >= 0.3 is 12.0 Å². The maximum absolute atomic E-state index is 12.5. The molecule has 0 atom stereocenters. The maximum Gasteiger partial charge on any atom is 0.317 e. The highest BCUT2D eigenvalue weighted by Crippen LogP contribution is 2.25. The van der Waals surface area contributed by atoms with Crippen molar-refractivity contribution in [3.63, 3.8) is 0 Å². The molecule has 1 saturated carbocycles. The van der Waals surface area contributed by atoms with Gasteiger partial charge in [-0.25, -0.2) is 4.79 Å². The van der Waals surface area contributed by atoms with E-state index in [-0.39, 0.29) is 18.0 Å². The van der Waals surface area contributed by atoms with E-state index < -0.39 is 5.97 Å². The number of carboxylic acids is 1. The Balaban J connectivity index is 1.46. The van der Waals surface area contributed by atoms with Crippen molar-refractivity contribution < 1.29 is 19.4 Å². The summed E-state index contributed by atoms with van der Waals surface area (Å²) < 4.78 is 5.26. The number of carbonyl (C=O) groups is 2. The Kier molecular flexibility index (Phi) is 6.37. The second-order valence-electron chi connectivity index (χ2n) is 7.40. The summed E-state index contributed by atoms with van der Waals surface area (Å²) >= 11 is 0. The molecule has 1 aromatic carbocycles. The van der Waals surface area contributed by atoms with Crippen LogP contribution in [0.3, 0.4) is 0 Å². The second-order valence-corrected chi connectivity index (χ2v) is 7.40. The lowest BCUT2D eigenvalue weighted by atomic mass is 9.86. The number of urea groups is 1. The molecule has 6 heteroatoms. The number of carboxylic acid groups (broad SMARTS) is 1. The van der Waals surface area contributed by atoms with Gasteiger partial charge in [0.25, 0.3) is 0 Å². The first-order chi connectivity index (χ1) is 13.0. The number of aliphatic carboxylic acids is 1. The number of amides is 2. The van der Waals surface area contributed by atoms with E-state index in [9.17, 15) is 9.59 Å². The van der Waals surface area contributed by atoms with Crippen LogP contribution in [0.4, 0.5) is 4.79 Å². The average Bonchev–Trinajstić information content (AvgIpc) is 2.69. The molecule has 2 amide bonds. The molecule has 146 valence electrons. The van der Waals surface area contributed by atoms with Crippen LogP contribution in [0.5, 0.6) is 5.75 Å². The van der Waals surface area contributed by atoms with E-state index in [1.807, 2.05) is 23.1 Å². The zero-order valence-corrected chi connectivity index (χ0v) is 15.8. The van der Waals surface area contributed by atoms with Crippen molar-refractivity contribution in [3.05, 3.63) is 35.4 Å². The number of hydrogen-bond acceptors (Lipinski definition) is 3. The normalized spacial score (nSPS) is 22.9. The monoisotopic (exact) mass is 372 g/mol. The summed E-state index contributed by atoms with van der Waals surface area (Å²) in [5.74, 6) is -0.123. The maximum atomic E-state index is 12.5. The van der Waals surface area contributed by atoms with Gasteiger partial charge in [-0.2, -0.15) is 0 Å². The van der Waals surface area contributed by atoms with Gasteiger partial charge in [0, 0.05) is 19.1 Å². The number of piperidine rings is 1. The summed E-state index contributed by atoms with van der Waals surface area (Å²) in [5.41, 5.74) is 2.46. The molecule has 0 aromatic heterocycles. The van der Waals surface area contributed by atoms with E-state index in [1.165, 1.54) is 5.57 Å². The number of benzene rings is 1. The molecule has 1 aliphatic carbocycles. The lowest BCUT2D eigenvalue weighted by Crippen LogP contribution is -2.48. The molecule has 0 unspecified atom stereocenters. The van der Waals surface area contributed by atoms with Gasteiger partial charge in [-0.1, -0.05) is 23.8 Å². The lowest BCUT2D eigenvalue weighted by Gasteiger charge is -2.32. The standard InChI is InChI=1S/C21H28N2O4/c1-27-19-4-2-3-16(14-19)13-15-9-11-23(12-10-15)21(26)22-18-7-5-17(6-8-18)20(24)25/h2-4,13-14,17-18H,5-12H2,1H3,(H,22,26)(H,24,25). The molecule has 2 aliphatic rings. The number of nitrogens with zero attached hydrogens (tertiary/aromatic N) is 1. The third-order valence-corrected chi connectivity index (χ3v) is 5.56. The summed E-state index contributed by atoms with van der Waals surface area (Å²) in [6.45, 7) is 1.43. The van der Waals surface area contributed by atoms with Crippen LogP contribution in [0.25, 0.3) is 6.08 Å². The first-order valence-corrected chi connectivity index (χ1v) is 9.67. The van der Waals surface area contributed by atoms with Gasteiger partial charge in [0.1, 0.15) is 5.75 Å². The quantitative estimate of drug-likeness (QED) is 0.847. The molecule has 0 radical (unpaired) electrons. The predicted molar refractivity (Wildman–Crippen MR) is 104 cm³/mol. The van der Waals surface area contributed by atoms with Gasteiger partial charge in [0.15, 0.2) is 0 Å². The number of rotatable bonds is 4. The van der Waals surface area contributed by atoms with E-state index in [0.29, 0.717) is 25.9 Å². The SMILES string of the molecule is COc1cccc(C=C2CCN(C(=O)NC3CCC(C(=O)O)CC3)CC2)c1. The van der Waals surface area contributed by atoms with Gasteiger partial charge in [0.05, 0.1) is 13.0 Å². The molecule has 2 N–H and O–H groups in total. The first-order valence-electron chi connectivity index (χ1n) is 9.67. The van der Waals surface area contributed by atoms with Crippen LogP contribution in [-0.2, 0) is 4.79 Å². The van der Waals surface area contributed by atoms with Gasteiger partial charge in [-0.05, 0) is 56.2 Å². The largest absolute Gasteiger partial charge is 0.497 e.